The molecule has 3 rings (SSSR count). The first-order chi connectivity index (χ1) is 14.7. The molecule has 0 aliphatic carbocycles. The number of carbonyl (C=O) groups is 1. The highest BCUT2D eigenvalue weighted by Crippen LogP contribution is 2.32. The Kier molecular flexibility index (Phi) is 8.83. The fraction of sp³-hybridized carbons (Fsp3) is 0.455. The van der Waals surface area contributed by atoms with Gasteiger partial charge in [-0.2, -0.15) is 0 Å². The zero-order chi connectivity index (χ0) is 21.0. The first-order valence-electron chi connectivity index (χ1n) is 10.5. The van der Waals surface area contributed by atoms with Crippen LogP contribution < -0.4 is 25.4 Å². The molecule has 0 atom stereocenters. The number of carbonyl (C=O) groups excluding carboxylic acids is 1. The van der Waals surface area contributed by atoms with E-state index in [1.165, 1.54) is 4.88 Å². The fourth-order valence-corrected chi connectivity index (χ4v) is 3.60. The van der Waals surface area contributed by atoms with Gasteiger partial charge in [0.15, 0.2) is 17.5 Å². The van der Waals surface area contributed by atoms with E-state index in [2.05, 4.69) is 32.4 Å². The largest absolute Gasteiger partial charge is 0.490 e. The molecule has 0 spiro atoms. The second-order valence-electron chi connectivity index (χ2n) is 6.92. The van der Waals surface area contributed by atoms with Gasteiger partial charge in [-0.3, -0.25) is 9.79 Å². The van der Waals surface area contributed by atoms with Crippen LogP contribution in [0.5, 0.6) is 11.5 Å². The number of hydrogen-bond acceptors (Lipinski definition) is 5. The summed E-state index contributed by atoms with van der Waals surface area (Å²) in [5.41, 5.74) is 0.858. The summed E-state index contributed by atoms with van der Waals surface area (Å²) in [6, 6.07) is 9.93. The van der Waals surface area contributed by atoms with Crippen LogP contribution in [0.25, 0.3) is 0 Å². The number of thiophene rings is 1. The van der Waals surface area contributed by atoms with Crippen molar-refractivity contribution in [2.24, 2.45) is 4.99 Å². The summed E-state index contributed by atoms with van der Waals surface area (Å²) in [5.74, 6) is 2.17. The summed E-state index contributed by atoms with van der Waals surface area (Å²) in [7, 11) is 0. The monoisotopic (exact) mass is 430 g/mol. The van der Waals surface area contributed by atoms with E-state index in [9.17, 15) is 4.79 Å². The van der Waals surface area contributed by atoms with Crippen LogP contribution in [0.4, 0.5) is 5.69 Å². The molecule has 3 N–H and O–H groups in total. The Morgan fingerprint density at radius 1 is 1.13 bits per heavy atom. The highest BCUT2D eigenvalue weighted by atomic mass is 32.1. The SMILES string of the molecule is CCCNC(=O)CCNC(=NCCc1cccs1)Nc1ccc2c(c1)OCCCO2. The lowest BCUT2D eigenvalue weighted by atomic mass is 10.2. The van der Waals surface area contributed by atoms with Gasteiger partial charge < -0.3 is 25.4 Å². The van der Waals surface area contributed by atoms with Crippen LogP contribution in [0.2, 0.25) is 0 Å². The number of fused-ring (bicyclic) bond motifs is 1. The van der Waals surface area contributed by atoms with E-state index in [1.54, 1.807) is 11.3 Å². The molecule has 0 saturated carbocycles. The number of anilines is 1. The quantitative estimate of drug-likeness (QED) is 0.419. The summed E-state index contributed by atoms with van der Waals surface area (Å²) in [5, 5.41) is 11.5. The summed E-state index contributed by atoms with van der Waals surface area (Å²) < 4.78 is 11.5. The zero-order valence-corrected chi connectivity index (χ0v) is 18.2. The minimum Gasteiger partial charge on any atom is -0.490 e. The Labute approximate surface area is 181 Å². The summed E-state index contributed by atoms with van der Waals surface area (Å²) >= 11 is 1.73. The Morgan fingerprint density at radius 3 is 2.80 bits per heavy atom. The molecule has 162 valence electrons. The van der Waals surface area contributed by atoms with Crippen LogP contribution in [0, 0.1) is 0 Å². The molecule has 0 unspecified atom stereocenters. The molecule has 30 heavy (non-hydrogen) atoms. The third kappa shape index (κ3) is 7.26. The highest BCUT2D eigenvalue weighted by molar-refractivity contribution is 7.09. The predicted molar refractivity (Wildman–Crippen MR) is 122 cm³/mol. The molecule has 1 aliphatic rings. The lowest BCUT2D eigenvalue weighted by molar-refractivity contribution is -0.120. The van der Waals surface area contributed by atoms with E-state index in [1.807, 2.05) is 31.2 Å². The van der Waals surface area contributed by atoms with Gasteiger partial charge in [0, 0.05) is 55.5 Å². The van der Waals surface area contributed by atoms with Crippen molar-refractivity contribution in [3.05, 3.63) is 40.6 Å². The van der Waals surface area contributed by atoms with E-state index in [-0.39, 0.29) is 5.91 Å². The molecule has 0 radical (unpaired) electrons. The topological polar surface area (TPSA) is 84.0 Å². The van der Waals surface area contributed by atoms with E-state index in [4.69, 9.17) is 9.47 Å². The van der Waals surface area contributed by atoms with E-state index >= 15 is 0 Å². The van der Waals surface area contributed by atoms with Crippen molar-refractivity contribution in [1.29, 1.82) is 0 Å². The van der Waals surface area contributed by atoms with Crippen LogP contribution in [0.15, 0.2) is 40.7 Å². The predicted octanol–water partition coefficient (Wildman–Crippen LogP) is 3.43. The fourth-order valence-electron chi connectivity index (χ4n) is 2.90. The van der Waals surface area contributed by atoms with Crippen molar-refractivity contribution in [1.82, 2.24) is 10.6 Å². The second-order valence-corrected chi connectivity index (χ2v) is 7.96. The molecule has 0 saturated heterocycles. The molecule has 0 bridgehead atoms. The van der Waals surface area contributed by atoms with Crippen molar-refractivity contribution < 1.29 is 14.3 Å². The van der Waals surface area contributed by atoms with Crippen molar-refractivity contribution in [2.75, 3.05) is 38.2 Å². The summed E-state index contributed by atoms with van der Waals surface area (Å²) in [6.45, 7) is 5.21. The van der Waals surface area contributed by atoms with Crippen LogP contribution in [0.1, 0.15) is 31.1 Å². The molecule has 1 aromatic heterocycles. The molecule has 2 aromatic rings. The number of guanidine groups is 1. The molecular weight excluding hydrogens is 400 g/mol. The minimum absolute atomic E-state index is 0.0397. The lowest BCUT2D eigenvalue weighted by Crippen LogP contribution is -2.35. The number of nitrogens with one attached hydrogen (secondary N) is 3. The van der Waals surface area contributed by atoms with Gasteiger partial charge in [0.1, 0.15) is 0 Å². The van der Waals surface area contributed by atoms with E-state index in [0.717, 1.165) is 36.4 Å². The maximum absolute atomic E-state index is 11.9. The molecule has 1 amide bonds. The molecule has 2 heterocycles. The van der Waals surface area contributed by atoms with Gasteiger partial charge in [0.25, 0.3) is 0 Å². The maximum Gasteiger partial charge on any atom is 0.221 e. The summed E-state index contributed by atoms with van der Waals surface area (Å²) in [4.78, 5) is 17.8. The number of rotatable bonds is 9. The third-order valence-corrected chi connectivity index (χ3v) is 5.37. The number of aliphatic imine (C=N–C) groups is 1. The van der Waals surface area contributed by atoms with Crippen molar-refractivity contribution in [3.8, 4) is 11.5 Å². The Bertz CT molecular complexity index is 824. The average Bonchev–Trinajstić information content (AvgIpc) is 3.15. The smallest absolute Gasteiger partial charge is 0.221 e. The Balaban J connectivity index is 1.60. The Morgan fingerprint density at radius 2 is 2.00 bits per heavy atom. The molecule has 7 nitrogen and oxygen atoms in total. The Hall–Kier alpha value is -2.74. The lowest BCUT2D eigenvalue weighted by Gasteiger charge is -2.14. The molecule has 8 heteroatoms. The summed E-state index contributed by atoms with van der Waals surface area (Å²) in [6.07, 6.45) is 3.07. The van der Waals surface area contributed by atoms with Crippen LogP contribution in [-0.2, 0) is 11.2 Å². The van der Waals surface area contributed by atoms with Gasteiger partial charge >= 0.3 is 0 Å². The van der Waals surface area contributed by atoms with E-state index in [0.29, 0.717) is 45.2 Å². The second kappa shape index (κ2) is 12.1. The van der Waals surface area contributed by atoms with Gasteiger partial charge in [-0.15, -0.1) is 11.3 Å². The van der Waals surface area contributed by atoms with Gasteiger partial charge in [-0.25, -0.2) is 0 Å². The highest BCUT2D eigenvalue weighted by Gasteiger charge is 2.11. The van der Waals surface area contributed by atoms with Crippen molar-refractivity contribution in [3.63, 3.8) is 0 Å². The minimum atomic E-state index is 0.0397. The van der Waals surface area contributed by atoms with Gasteiger partial charge in [0.05, 0.1) is 13.2 Å². The maximum atomic E-state index is 11.9. The molecule has 1 aromatic carbocycles. The van der Waals surface area contributed by atoms with Crippen LogP contribution in [0.3, 0.4) is 0 Å². The average molecular weight is 431 g/mol. The first kappa shape index (κ1) is 22.0. The van der Waals surface area contributed by atoms with Crippen LogP contribution >= 0.6 is 11.3 Å². The number of ether oxygens (including phenoxy) is 2. The van der Waals surface area contributed by atoms with Gasteiger partial charge in [0.2, 0.25) is 5.91 Å². The number of amides is 1. The normalized spacial score (nSPS) is 13.4. The molecular formula is C22H30N4O3S. The van der Waals surface area contributed by atoms with Crippen molar-refractivity contribution >= 4 is 28.9 Å². The third-order valence-electron chi connectivity index (χ3n) is 4.44. The van der Waals surface area contributed by atoms with Gasteiger partial charge in [-0.1, -0.05) is 13.0 Å². The first-order valence-corrected chi connectivity index (χ1v) is 11.4. The molecule has 1 aliphatic heterocycles. The van der Waals surface area contributed by atoms with Gasteiger partial charge in [-0.05, 0) is 30.0 Å². The van der Waals surface area contributed by atoms with Crippen molar-refractivity contribution in [2.45, 2.75) is 32.6 Å². The number of benzene rings is 1. The zero-order valence-electron chi connectivity index (χ0n) is 17.4. The number of hydrogen-bond donors (Lipinski definition) is 3. The molecule has 0 fully saturated rings. The van der Waals surface area contributed by atoms with Crippen LogP contribution in [-0.4, -0.2) is 44.7 Å². The van der Waals surface area contributed by atoms with E-state index < -0.39 is 0 Å². The standard InChI is InChI=1S/C22H30N4O3S/c1-2-10-23-21(27)9-12-25-22(24-11-8-18-5-3-15-30-18)26-17-6-7-19-20(16-17)29-14-4-13-28-19/h3,5-7,15-16H,2,4,8-14H2,1H3,(H,23,27)(H2,24,25,26). The number of nitrogens with zero attached hydrogens (tertiary/aromatic N) is 1.